The summed E-state index contributed by atoms with van der Waals surface area (Å²) in [7, 11) is 0. The fraction of sp³-hybridized carbons (Fsp3) is 0.588. The van der Waals surface area contributed by atoms with Gasteiger partial charge in [-0.2, -0.15) is 0 Å². The molecule has 0 aliphatic carbocycles. The topological polar surface area (TPSA) is 79.0 Å². The molecular formula is C17H25N3O3. The number of likely N-dealkylation sites (tertiary alicyclic amines) is 1. The van der Waals surface area contributed by atoms with E-state index >= 15 is 0 Å². The molecular weight excluding hydrogens is 294 g/mol. The van der Waals surface area contributed by atoms with Gasteiger partial charge < -0.3 is 25.4 Å². The third-order valence-electron chi connectivity index (χ3n) is 4.88. The number of nitrogens with zero attached hydrogens (tertiary/aromatic N) is 2. The van der Waals surface area contributed by atoms with Gasteiger partial charge in [0.15, 0.2) is 0 Å². The van der Waals surface area contributed by atoms with Gasteiger partial charge in [-0.15, -0.1) is 0 Å². The first-order chi connectivity index (χ1) is 10.9. The van der Waals surface area contributed by atoms with Crippen molar-refractivity contribution in [3.63, 3.8) is 0 Å². The molecule has 126 valence electrons. The molecule has 1 unspecified atom stereocenters. The lowest BCUT2D eigenvalue weighted by Gasteiger charge is -2.33. The Morgan fingerprint density at radius 2 is 2.13 bits per heavy atom. The van der Waals surface area contributed by atoms with Crippen LogP contribution in [0.3, 0.4) is 0 Å². The highest BCUT2D eigenvalue weighted by atomic mass is 16.5. The highest BCUT2D eigenvalue weighted by Crippen LogP contribution is 2.40. The fourth-order valence-electron chi connectivity index (χ4n) is 3.81. The molecule has 2 aliphatic heterocycles. The zero-order valence-corrected chi connectivity index (χ0v) is 13.8. The summed E-state index contributed by atoms with van der Waals surface area (Å²) in [4.78, 5) is 15.4. The van der Waals surface area contributed by atoms with Crippen LogP contribution >= 0.6 is 0 Å². The van der Waals surface area contributed by atoms with Crippen molar-refractivity contribution in [3.8, 4) is 5.75 Å². The molecule has 1 amide bonds. The van der Waals surface area contributed by atoms with E-state index in [4.69, 9.17) is 10.5 Å². The van der Waals surface area contributed by atoms with Crippen LogP contribution in [-0.4, -0.2) is 47.4 Å². The van der Waals surface area contributed by atoms with Crippen molar-refractivity contribution in [2.75, 3.05) is 30.3 Å². The van der Waals surface area contributed by atoms with Crippen LogP contribution in [0.25, 0.3) is 0 Å². The van der Waals surface area contributed by atoms with Gasteiger partial charge in [0.1, 0.15) is 5.75 Å². The van der Waals surface area contributed by atoms with Crippen LogP contribution in [0.4, 0.5) is 16.2 Å². The number of benzene rings is 1. The van der Waals surface area contributed by atoms with E-state index in [1.165, 1.54) is 0 Å². The largest absolute Gasteiger partial charge is 0.489 e. The van der Waals surface area contributed by atoms with Crippen LogP contribution in [-0.2, 0) is 0 Å². The van der Waals surface area contributed by atoms with E-state index in [0.29, 0.717) is 18.0 Å². The van der Waals surface area contributed by atoms with Crippen molar-refractivity contribution in [3.05, 3.63) is 18.2 Å². The summed E-state index contributed by atoms with van der Waals surface area (Å²) >= 11 is 0. The maximum absolute atomic E-state index is 11.5. The second kappa shape index (κ2) is 5.83. The number of hydrogen-bond acceptors (Lipinski definition) is 4. The number of rotatable bonds is 3. The van der Waals surface area contributed by atoms with E-state index in [2.05, 4.69) is 4.90 Å². The highest BCUT2D eigenvalue weighted by molar-refractivity contribution is 5.68. The fourth-order valence-corrected chi connectivity index (χ4v) is 3.81. The number of anilines is 2. The predicted molar refractivity (Wildman–Crippen MR) is 90.1 cm³/mol. The van der Waals surface area contributed by atoms with E-state index < -0.39 is 6.09 Å². The molecule has 0 saturated carbocycles. The maximum Gasteiger partial charge on any atom is 0.407 e. The van der Waals surface area contributed by atoms with Crippen molar-refractivity contribution in [1.82, 2.24) is 4.90 Å². The molecule has 0 aromatic heterocycles. The minimum Gasteiger partial charge on any atom is -0.489 e. The normalized spacial score (nSPS) is 24.0. The predicted octanol–water partition coefficient (Wildman–Crippen LogP) is 2.78. The molecule has 1 atom stereocenters. The number of carboxylic acid groups (broad SMARTS) is 1. The summed E-state index contributed by atoms with van der Waals surface area (Å²) < 4.78 is 5.77. The third kappa shape index (κ3) is 2.90. The minimum absolute atomic E-state index is 0.0646. The van der Waals surface area contributed by atoms with Gasteiger partial charge in [-0.25, -0.2) is 4.79 Å². The molecule has 2 fully saturated rings. The summed E-state index contributed by atoms with van der Waals surface area (Å²) in [5, 5.41) is 9.45. The molecule has 2 heterocycles. The van der Waals surface area contributed by atoms with Crippen LogP contribution in [0.15, 0.2) is 18.2 Å². The molecule has 0 bridgehead atoms. The zero-order chi connectivity index (χ0) is 16.6. The molecule has 3 rings (SSSR count). The average molecular weight is 319 g/mol. The smallest absolute Gasteiger partial charge is 0.407 e. The Morgan fingerprint density at radius 1 is 1.35 bits per heavy atom. The zero-order valence-electron chi connectivity index (χ0n) is 13.8. The van der Waals surface area contributed by atoms with E-state index in [1.807, 2.05) is 32.0 Å². The van der Waals surface area contributed by atoms with Crippen LogP contribution < -0.4 is 15.4 Å². The monoisotopic (exact) mass is 319 g/mol. The number of nitrogen functional groups attached to an aromatic ring is 1. The molecule has 6 nitrogen and oxygen atoms in total. The molecule has 0 radical (unpaired) electrons. The van der Waals surface area contributed by atoms with Gasteiger partial charge in [-0.3, -0.25) is 0 Å². The van der Waals surface area contributed by atoms with Crippen molar-refractivity contribution in [2.24, 2.45) is 0 Å². The van der Waals surface area contributed by atoms with Gasteiger partial charge in [0.25, 0.3) is 0 Å². The van der Waals surface area contributed by atoms with Crippen molar-refractivity contribution >= 4 is 17.5 Å². The number of carbonyl (C=O) groups is 1. The highest BCUT2D eigenvalue weighted by Gasteiger charge is 2.48. The Hall–Kier alpha value is -2.11. The van der Waals surface area contributed by atoms with Crippen molar-refractivity contribution in [2.45, 2.75) is 44.8 Å². The molecule has 2 aliphatic rings. The number of hydrogen-bond donors (Lipinski definition) is 2. The van der Waals surface area contributed by atoms with Gasteiger partial charge in [0.05, 0.1) is 17.3 Å². The summed E-state index contributed by atoms with van der Waals surface area (Å²) in [5.41, 5.74) is 7.43. The lowest BCUT2D eigenvalue weighted by Crippen LogP contribution is -2.48. The second-order valence-electron chi connectivity index (χ2n) is 6.82. The van der Waals surface area contributed by atoms with Gasteiger partial charge in [-0.1, -0.05) is 0 Å². The lowest BCUT2D eigenvalue weighted by atomic mass is 9.95. The SMILES string of the molecule is CC(C)Oc1cc(N2CCC3(CCCN3C(=O)O)C2)ccc1N. The Kier molecular flexibility index (Phi) is 4.00. The van der Waals surface area contributed by atoms with Crippen LogP contribution in [0.1, 0.15) is 33.1 Å². The van der Waals surface area contributed by atoms with Crippen LogP contribution in [0.5, 0.6) is 5.75 Å². The minimum atomic E-state index is -0.800. The number of ether oxygens (including phenoxy) is 1. The van der Waals surface area contributed by atoms with Gasteiger partial charge in [-0.05, 0) is 45.2 Å². The Balaban J connectivity index is 1.80. The van der Waals surface area contributed by atoms with E-state index in [0.717, 1.165) is 38.0 Å². The Labute approximate surface area is 136 Å². The first-order valence-corrected chi connectivity index (χ1v) is 8.23. The first kappa shape index (κ1) is 15.8. The van der Waals surface area contributed by atoms with Crippen molar-refractivity contribution in [1.29, 1.82) is 0 Å². The quantitative estimate of drug-likeness (QED) is 0.838. The molecule has 1 aromatic rings. The van der Waals surface area contributed by atoms with Gasteiger partial charge in [0, 0.05) is 31.4 Å². The molecule has 3 N–H and O–H groups in total. The van der Waals surface area contributed by atoms with Crippen LogP contribution in [0.2, 0.25) is 0 Å². The first-order valence-electron chi connectivity index (χ1n) is 8.23. The molecule has 23 heavy (non-hydrogen) atoms. The van der Waals surface area contributed by atoms with E-state index in [-0.39, 0.29) is 11.6 Å². The average Bonchev–Trinajstić information content (AvgIpc) is 3.09. The Bertz CT molecular complexity index is 605. The van der Waals surface area contributed by atoms with E-state index in [9.17, 15) is 9.90 Å². The standard InChI is InChI=1S/C17H25N3O3/c1-12(2)23-15-10-13(4-5-14(15)18)19-9-7-17(11-19)6-3-8-20(17)16(21)22/h4-5,10,12H,3,6-9,11,18H2,1-2H3,(H,21,22). The number of amides is 1. The summed E-state index contributed by atoms with van der Waals surface area (Å²) in [6, 6.07) is 5.82. The molecule has 6 heteroatoms. The van der Waals surface area contributed by atoms with Crippen molar-refractivity contribution < 1.29 is 14.6 Å². The third-order valence-corrected chi connectivity index (χ3v) is 4.88. The Morgan fingerprint density at radius 3 is 2.83 bits per heavy atom. The summed E-state index contributed by atoms with van der Waals surface area (Å²) in [6.45, 7) is 6.19. The molecule has 2 saturated heterocycles. The van der Waals surface area contributed by atoms with E-state index in [1.54, 1.807) is 4.90 Å². The number of nitrogens with two attached hydrogens (primary N) is 1. The summed E-state index contributed by atoms with van der Waals surface area (Å²) in [6.07, 6.45) is 2.04. The maximum atomic E-state index is 11.5. The molecule has 1 aromatic carbocycles. The lowest BCUT2D eigenvalue weighted by molar-refractivity contribution is 0.111. The van der Waals surface area contributed by atoms with Gasteiger partial charge in [0.2, 0.25) is 0 Å². The van der Waals surface area contributed by atoms with Gasteiger partial charge >= 0.3 is 6.09 Å². The van der Waals surface area contributed by atoms with Crippen LogP contribution in [0, 0.1) is 0 Å². The molecule has 1 spiro atoms. The second-order valence-corrected chi connectivity index (χ2v) is 6.82. The summed E-state index contributed by atoms with van der Waals surface area (Å²) in [5.74, 6) is 0.694.